The summed E-state index contributed by atoms with van der Waals surface area (Å²) in [5.41, 5.74) is 3.23. The zero-order valence-corrected chi connectivity index (χ0v) is 13.5. The van der Waals surface area contributed by atoms with Gasteiger partial charge in [-0.2, -0.15) is 0 Å². The van der Waals surface area contributed by atoms with Gasteiger partial charge in [0.05, 0.1) is 6.61 Å². The quantitative estimate of drug-likeness (QED) is 0.607. The van der Waals surface area contributed by atoms with Crippen molar-refractivity contribution in [3.63, 3.8) is 0 Å². The number of benzene rings is 3. The molecule has 0 bridgehead atoms. The summed E-state index contributed by atoms with van der Waals surface area (Å²) in [6, 6.07) is 31.4. The Morgan fingerprint density at radius 2 is 1.09 bits per heavy atom. The first-order valence-electron chi connectivity index (χ1n) is 8.08. The van der Waals surface area contributed by atoms with Crippen LogP contribution in [0, 0.1) is 0 Å². The Balaban J connectivity index is 1.82. The van der Waals surface area contributed by atoms with E-state index in [-0.39, 0.29) is 0 Å². The van der Waals surface area contributed by atoms with Crippen LogP contribution >= 0.6 is 0 Å². The van der Waals surface area contributed by atoms with Crippen molar-refractivity contribution in [2.75, 3.05) is 6.61 Å². The Kier molecular flexibility index (Phi) is 4.89. The topological polar surface area (TPSA) is 9.23 Å². The average molecular weight is 302 g/mol. The van der Waals surface area contributed by atoms with Crippen molar-refractivity contribution in [3.05, 3.63) is 108 Å². The van der Waals surface area contributed by atoms with E-state index < -0.39 is 5.60 Å². The Bertz CT molecular complexity index is 665. The highest BCUT2D eigenvalue weighted by molar-refractivity contribution is 5.35. The summed E-state index contributed by atoms with van der Waals surface area (Å²) < 4.78 is 6.41. The van der Waals surface area contributed by atoms with E-state index in [4.69, 9.17) is 4.74 Å². The van der Waals surface area contributed by atoms with Gasteiger partial charge in [-0.25, -0.2) is 0 Å². The highest BCUT2D eigenvalue weighted by Gasteiger charge is 2.29. The molecule has 3 aromatic carbocycles. The molecule has 0 aromatic heterocycles. The van der Waals surface area contributed by atoms with Crippen LogP contribution in [0.1, 0.15) is 23.6 Å². The van der Waals surface area contributed by atoms with Gasteiger partial charge in [-0.05, 0) is 30.0 Å². The molecule has 0 fully saturated rings. The molecule has 0 aliphatic rings. The zero-order chi connectivity index (χ0) is 16.0. The zero-order valence-electron chi connectivity index (χ0n) is 13.5. The van der Waals surface area contributed by atoms with Crippen LogP contribution < -0.4 is 0 Å². The second-order valence-electron chi connectivity index (χ2n) is 5.85. The second kappa shape index (κ2) is 7.26. The number of rotatable bonds is 6. The van der Waals surface area contributed by atoms with Crippen molar-refractivity contribution in [1.29, 1.82) is 0 Å². The second-order valence-corrected chi connectivity index (χ2v) is 5.85. The van der Waals surface area contributed by atoms with Gasteiger partial charge in [0, 0.05) is 0 Å². The SMILES string of the molecule is CC(OCCc1ccccc1)(c1ccccc1)c1ccccc1. The maximum absolute atomic E-state index is 6.41. The molecule has 3 rings (SSSR count). The minimum absolute atomic E-state index is 0.433. The Morgan fingerprint density at radius 3 is 1.57 bits per heavy atom. The molecule has 1 nitrogen and oxygen atoms in total. The van der Waals surface area contributed by atoms with Crippen molar-refractivity contribution in [2.45, 2.75) is 18.9 Å². The van der Waals surface area contributed by atoms with E-state index in [1.807, 2.05) is 18.2 Å². The minimum Gasteiger partial charge on any atom is -0.365 e. The van der Waals surface area contributed by atoms with E-state index in [1.165, 1.54) is 16.7 Å². The monoisotopic (exact) mass is 302 g/mol. The van der Waals surface area contributed by atoms with Gasteiger partial charge in [0.1, 0.15) is 5.60 Å². The summed E-state index contributed by atoms with van der Waals surface area (Å²) in [6.07, 6.45) is 0.913. The Morgan fingerprint density at radius 1 is 0.652 bits per heavy atom. The molecule has 23 heavy (non-hydrogen) atoms. The van der Waals surface area contributed by atoms with Crippen LogP contribution in [0.25, 0.3) is 0 Å². The number of hydrogen-bond acceptors (Lipinski definition) is 1. The minimum atomic E-state index is -0.433. The lowest BCUT2D eigenvalue weighted by Gasteiger charge is -2.31. The highest BCUT2D eigenvalue weighted by atomic mass is 16.5. The lowest BCUT2D eigenvalue weighted by Crippen LogP contribution is -2.28. The summed E-state index contributed by atoms with van der Waals surface area (Å²) in [5.74, 6) is 0. The molecule has 0 heterocycles. The van der Waals surface area contributed by atoms with Crippen molar-refractivity contribution in [2.24, 2.45) is 0 Å². The third-order valence-corrected chi connectivity index (χ3v) is 4.27. The molecule has 0 amide bonds. The molecule has 0 aliphatic heterocycles. The fraction of sp³-hybridized carbons (Fsp3) is 0.182. The molecule has 1 heteroatoms. The summed E-state index contributed by atoms with van der Waals surface area (Å²) in [5, 5.41) is 0. The molecular formula is C22H22O. The molecule has 3 aromatic rings. The van der Waals surface area contributed by atoms with Gasteiger partial charge < -0.3 is 4.74 Å². The van der Waals surface area contributed by atoms with Crippen molar-refractivity contribution >= 4 is 0 Å². The first-order valence-corrected chi connectivity index (χ1v) is 8.08. The van der Waals surface area contributed by atoms with Gasteiger partial charge in [-0.15, -0.1) is 0 Å². The van der Waals surface area contributed by atoms with E-state index in [1.54, 1.807) is 0 Å². The molecule has 116 valence electrons. The fourth-order valence-corrected chi connectivity index (χ4v) is 2.86. The first-order chi connectivity index (χ1) is 11.3. The van der Waals surface area contributed by atoms with Crippen LogP contribution in [0.5, 0.6) is 0 Å². The summed E-state index contributed by atoms with van der Waals surface area (Å²) >= 11 is 0. The fourth-order valence-electron chi connectivity index (χ4n) is 2.86. The number of hydrogen-bond donors (Lipinski definition) is 0. The largest absolute Gasteiger partial charge is 0.365 e. The predicted octanol–water partition coefficient (Wildman–Crippen LogP) is 5.21. The van der Waals surface area contributed by atoms with Gasteiger partial charge in [0.25, 0.3) is 0 Å². The van der Waals surface area contributed by atoms with E-state index in [9.17, 15) is 0 Å². The molecule has 0 saturated carbocycles. The molecule has 0 aliphatic carbocycles. The van der Waals surface area contributed by atoms with Crippen molar-refractivity contribution < 1.29 is 4.74 Å². The average Bonchev–Trinajstić information content (AvgIpc) is 2.64. The van der Waals surface area contributed by atoms with Crippen LogP contribution in [0.4, 0.5) is 0 Å². The predicted molar refractivity (Wildman–Crippen MR) is 95.4 cm³/mol. The Hall–Kier alpha value is -2.38. The molecule has 0 N–H and O–H groups in total. The van der Waals surface area contributed by atoms with Crippen LogP contribution in [0.3, 0.4) is 0 Å². The van der Waals surface area contributed by atoms with Crippen LogP contribution in [-0.4, -0.2) is 6.61 Å². The van der Waals surface area contributed by atoms with Crippen LogP contribution in [0.15, 0.2) is 91.0 Å². The summed E-state index contributed by atoms with van der Waals surface area (Å²) in [4.78, 5) is 0. The smallest absolute Gasteiger partial charge is 0.115 e. The van der Waals surface area contributed by atoms with Crippen molar-refractivity contribution in [1.82, 2.24) is 0 Å². The normalized spacial score (nSPS) is 11.3. The van der Waals surface area contributed by atoms with E-state index in [2.05, 4.69) is 79.7 Å². The van der Waals surface area contributed by atoms with Gasteiger partial charge in [-0.1, -0.05) is 91.0 Å². The molecule has 0 unspecified atom stereocenters. The molecule has 0 saturated heterocycles. The van der Waals surface area contributed by atoms with E-state index >= 15 is 0 Å². The van der Waals surface area contributed by atoms with Gasteiger partial charge in [0.2, 0.25) is 0 Å². The highest BCUT2D eigenvalue weighted by Crippen LogP contribution is 2.33. The standard InChI is InChI=1S/C22H22O/c1-22(20-13-7-3-8-14-20,21-15-9-4-10-16-21)23-18-17-19-11-5-2-6-12-19/h2-16H,17-18H2,1H3. The maximum Gasteiger partial charge on any atom is 0.115 e. The van der Waals surface area contributed by atoms with Crippen molar-refractivity contribution in [3.8, 4) is 0 Å². The Labute approximate surface area is 138 Å². The third-order valence-electron chi connectivity index (χ3n) is 4.27. The van der Waals surface area contributed by atoms with Crippen LogP contribution in [0.2, 0.25) is 0 Å². The van der Waals surface area contributed by atoms with Gasteiger partial charge in [0.15, 0.2) is 0 Å². The van der Waals surface area contributed by atoms with Gasteiger partial charge in [-0.3, -0.25) is 0 Å². The number of ether oxygens (including phenoxy) is 1. The van der Waals surface area contributed by atoms with E-state index in [0.29, 0.717) is 6.61 Å². The molecule has 0 radical (unpaired) electrons. The molecular weight excluding hydrogens is 280 g/mol. The van der Waals surface area contributed by atoms with Crippen LogP contribution in [-0.2, 0) is 16.8 Å². The third kappa shape index (κ3) is 3.69. The molecule has 0 spiro atoms. The lowest BCUT2D eigenvalue weighted by molar-refractivity contribution is -0.00233. The van der Waals surface area contributed by atoms with Gasteiger partial charge >= 0.3 is 0 Å². The maximum atomic E-state index is 6.41. The lowest BCUT2D eigenvalue weighted by atomic mass is 9.88. The van der Waals surface area contributed by atoms with E-state index in [0.717, 1.165) is 6.42 Å². The summed E-state index contributed by atoms with van der Waals surface area (Å²) in [6.45, 7) is 2.84. The molecule has 0 atom stereocenters. The summed E-state index contributed by atoms with van der Waals surface area (Å²) in [7, 11) is 0. The first kappa shape index (κ1) is 15.5.